The van der Waals surface area contributed by atoms with Gasteiger partial charge >= 0.3 is 5.97 Å². The molecule has 1 fully saturated rings. The largest absolute Gasteiger partial charge is 0.481 e. The highest BCUT2D eigenvalue weighted by atomic mass is 16.4. The highest BCUT2D eigenvalue weighted by Gasteiger charge is 2.42. The van der Waals surface area contributed by atoms with E-state index in [0.29, 0.717) is 12.8 Å². The van der Waals surface area contributed by atoms with Crippen LogP contribution in [0.15, 0.2) is 0 Å². The van der Waals surface area contributed by atoms with Crippen LogP contribution in [0.1, 0.15) is 32.6 Å². The van der Waals surface area contributed by atoms with Gasteiger partial charge in [0.25, 0.3) is 0 Å². The maximum absolute atomic E-state index is 10.8. The molecule has 0 spiro atoms. The molecule has 0 heterocycles. The third-order valence-corrected chi connectivity index (χ3v) is 2.78. The molecule has 0 aromatic rings. The van der Waals surface area contributed by atoms with Crippen LogP contribution in [0.5, 0.6) is 0 Å². The van der Waals surface area contributed by atoms with Crippen molar-refractivity contribution in [3.63, 3.8) is 0 Å². The zero-order valence-electron chi connectivity index (χ0n) is 6.84. The van der Waals surface area contributed by atoms with E-state index in [0.717, 1.165) is 12.8 Å². The molecule has 0 amide bonds. The molecule has 1 aliphatic rings. The first-order valence-electron chi connectivity index (χ1n) is 4.10. The van der Waals surface area contributed by atoms with Crippen LogP contribution in [0.3, 0.4) is 0 Å². The predicted octanol–water partition coefficient (Wildman–Crippen LogP) is 0.979. The Morgan fingerprint density at radius 1 is 1.82 bits per heavy atom. The van der Waals surface area contributed by atoms with Crippen LogP contribution in [0.4, 0.5) is 0 Å². The Balaban J connectivity index is 2.70. The molecule has 11 heavy (non-hydrogen) atoms. The molecule has 1 saturated carbocycles. The highest BCUT2D eigenvalue weighted by molar-refractivity contribution is 5.75. The van der Waals surface area contributed by atoms with Gasteiger partial charge in [0.2, 0.25) is 0 Å². The van der Waals surface area contributed by atoms with Gasteiger partial charge in [-0.25, -0.2) is 0 Å². The van der Waals surface area contributed by atoms with Crippen molar-refractivity contribution in [1.82, 2.24) is 0 Å². The third kappa shape index (κ3) is 1.38. The van der Waals surface area contributed by atoms with Gasteiger partial charge in [0.15, 0.2) is 0 Å². The average molecular weight is 157 g/mol. The Bertz CT molecular complexity index is 169. The minimum Gasteiger partial charge on any atom is -0.481 e. The van der Waals surface area contributed by atoms with E-state index in [1.54, 1.807) is 0 Å². The fourth-order valence-corrected chi connectivity index (χ4v) is 1.83. The van der Waals surface area contributed by atoms with Crippen LogP contribution < -0.4 is 5.73 Å². The normalized spacial score (nSPS) is 37.5. The van der Waals surface area contributed by atoms with E-state index in [1.165, 1.54) is 0 Å². The SMILES string of the molecule is CCC1(C(=O)O)CCC(N)C1. The molecular weight excluding hydrogens is 142 g/mol. The van der Waals surface area contributed by atoms with Crippen LogP contribution in [0.2, 0.25) is 0 Å². The molecule has 2 atom stereocenters. The topological polar surface area (TPSA) is 63.3 Å². The van der Waals surface area contributed by atoms with Crippen molar-refractivity contribution in [3.8, 4) is 0 Å². The van der Waals surface area contributed by atoms with E-state index in [-0.39, 0.29) is 6.04 Å². The van der Waals surface area contributed by atoms with Crippen molar-refractivity contribution in [1.29, 1.82) is 0 Å². The highest BCUT2D eigenvalue weighted by Crippen LogP contribution is 2.40. The summed E-state index contributed by atoms with van der Waals surface area (Å²) in [5, 5.41) is 8.93. The molecule has 3 N–H and O–H groups in total. The van der Waals surface area contributed by atoms with Crippen LogP contribution >= 0.6 is 0 Å². The summed E-state index contributed by atoms with van der Waals surface area (Å²) in [4.78, 5) is 10.8. The number of carboxylic acid groups (broad SMARTS) is 1. The molecule has 3 nitrogen and oxygen atoms in total. The molecule has 64 valence electrons. The second kappa shape index (κ2) is 2.81. The first-order chi connectivity index (χ1) is 5.10. The van der Waals surface area contributed by atoms with E-state index >= 15 is 0 Å². The predicted molar refractivity (Wildman–Crippen MR) is 42.2 cm³/mol. The zero-order chi connectivity index (χ0) is 8.48. The number of carbonyl (C=O) groups is 1. The first kappa shape index (κ1) is 8.53. The number of rotatable bonds is 2. The van der Waals surface area contributed by atoms with Gasteiger partial charge in [-0.2, -0.15) is 0 Å². The van der Waals surface area contributed by atoms with Gasteiger partial charge in [0, 0.05) is 6.04 Å². The number of aliphatic carboxylic acids is 1. The van der Waals surface area contributed by atoms with E-state index in [1.807, 2.05) is 6.92 Å². The van der Waals surface area contributed by atoms with Gasteiger partial charge in [-0.1, -0.05) is 6.92 Å². The molecule has 0 aromatic carbocycles. The molecule has 2 unspecified atom stereocenters. The van der Waals surface area contributed by atoms with Crippen LogP contribution in [-0.4, -0.2) is 17.1 Å². The smallest absolute Gasteiger partial charge is 0.309 e. The number of hydrogen-bond acceptors (Lipinski definition) is 2. The van der Waals surface area contributed by atoms with Crippen LogP contribution in [0, 0.1) is 5.41 Å². The van der Waals surface area contributed by atoms with Crippen molar-refractivity contribution in [2.24, 2.45) is 11.1 Å². The summed E-state index contributed by atoms with van der Waals surface area (Å²) in [5.74, 6) is -0.673. The summed E-state index contributed by atoms with van der Waals surface area (Å²) < 4.78 is 0. The van der Waals surface area contributed by atoms with Gasteiger partial charge in [-0.3, -0.25) is 4.79 Å². The molecule has 1 rings (SSSR count). The van der Waals surface area contributed by atoms with E-state index in [2.05, 4.69) is 0 Å². The monoisotopic (exact) mass is 157 g/mol. The molecule has 3 heteroatoms. The molecule has 0 saturated heterocycles. The average Bonchev–Trinajstić information content (AvgIpc) is 2.33. The maximum atomic E-state index is 10.8. The second-order valence-corrected chi connectivity index (χ2v) is 3.44. The second-order valence-electron chi connectivity index (χ2n) is 3.44. The molecular formula is C8H15NO2. The molecule has 0 radical (unpaired) electrons. The fourth-order valence-electron chi connectivity index (χ4n) is 1.83. The summed E-state index contributed by atoms with van der Waals surface area (Å²) in [6.07, 6.45) is 2.97. The summed E-state index contributed by atoms with van der Waals surface area (Å²) in [5.41, 5.74) is 5.16. The van der Waals surface area contributed by atoms with Gasteiger partial charge in [-0.15, -0.1) is 0 Å². The Labute approximate surface area is 66.6 Å². The quantitative estimate of drug-likeness (QED) is 0.628. The summed E-state index contributed by atoms with van der Waals surface area (Å²) in [6, 6.07) is 0.103. The standard InChI is InChI=1S/C8H15NO2/c1-2-8(7(10)11)4-3-6(9)5-8/h6H,2-5,9H2,1H3,(H,10,11). The van der Waals surface area contributed by atoms with Crippen LogP contribution in [-0.2, 0) is 4.79 Å². The lowest BCUT2D eigenvalue weighted by molar-refractivity contribution is -0.148. The Kier molecular flexibility index (Phi) is 2.18. The zero-order valence-corrected chi connectivity index (χ0v) is 6.84. The van der Waals surface area contributed by atoms with Crippen molar-refractivity contribution >= 4 is 5.97 Å². The summed E-state index contributed by atoms with van der Waals surface area (Å²) in [7, 11) is 0. The Morgan fingerprint density at radius 3 is 2.64 bits per heavy atom. The molecule has 0 aliphatic heterocycles. The van der Waals surface area contributed by atoms with E-state index < -0.39 is 11.4 Å². The van der Waals surface area contributed by atoms with Crippen molar-refractivity contribution in [2.75, 3.05) is 0 Å². The summed E-state index contributed by atoms with van der Waals surface area (Å²) in [6.45, 7) is 1.92. The maximum Gasteiger partial charge on any atom is 0.309 e. The minimum absolute atomic E-state index is 0.103. The molecule has 1 aliphatic carbocycles. The lowest BCUT2D eigenvalue weighted by Crippen LogP contribution is -2.29. The van der Waals surface area contributed by atoms with Crippen LogP contribution in [0.25, 0.3) is 0 Å². The van der Waals surface area contributed by atoms with E-state index in [4.69, 9.17) is 10.8 Å². The number of carboxylic acids is 1. The van der Waals surface area contributed by atoms with Crippen molar-refractivity contribution < 1.29 is 9.90 Å². The Hall–Kier alpha value is -0.570. The van der Waals surface area contributed by atoms with Gasteiger partial charge in [0.1, 0.15) is 0 Å². The van der Waals surface area contributed by atoms with Gasteiger partial charge in [0.05, 0.1) is 5.41 Å². The van der Waals surface area contributed by atoms with E-state index in [9.17, 15) is 4.79 Å². The number of nitrogens with two attached hydrogens (primary N) is 1. The van der Waals surface area contributed by atoms with Crippen molar-refractivity contribution in [2.45, 2.75) is 38.6 Å². The molecule has 0 aromatic heterocycles. The van der Waals surface area contributed by atoms with Gasteiger partial charge < -0.3 is 10.8 Å². The first-order valence-corrected chi connectivity index (χ1v) is 4.10. The number of hydrogen-bond donors (Lipinski definition) is 2. The lowest BCUT2D eigenvalue weighted by atomic mass is 9.83. The summed E-state index contributed by atoms with van der Waals surface area (Å²) >= 11 is 0. The minimum atomic E-state index is -0.673. The fraction of sp³-hybridized carbons (Fsp3) is 0.875. The van der Waals surface area contributed by atoms with Gasteiger partial charge in [-0.05, 0) is 25.7 Å². The lowest BCUT2D eigenvalue weighted by Gasteiger charge is -2.21. The van der Waals surface area contributed by atoms with Crippen molar-refractivity contribution in [3.05, 3.63) is 0 Å². The third-order valence-electron chi connectivity index (χ3n) is 2.78. The molecule has 0 bridgehead atoms. The Morgan fingerprint density at radius 2 is 2.45 bits per heavy atom.